The summed E-state index contributed by atoms with van der Waals surface area (Å²) in [6.45, 7) is 5.27. The fraction of sp³-hybridized carbons (Fsp3) is 0.304. The maximum atomic E-state index is 13.3. The summed E-state index contributed by atoms with van der Waals surface area (Å²) >= 11 is 1.64. The number of carbonyl (C=O) groups is 1. The van der Waals surface area contributed by atoms with Crippen molar-refractivity contribution < 1.29 is 9.21 Å². The van der Waals surface area contributed by atoms with Crippen LogP contribution in [0.3, 0.4) is 0 Å². The molecular formula is C23H25N3O2S. The molecule has 1 amide bonds. The average molecular weight is 408 g/mol. The van der Waals surface area contributed by atoms with Crippen LogP contribution in [0, 0.1) is 0 Å². The van der Waals surface area contributed by atoms with Crippen LogP contribution < -0.4 is 0 Å². The van der Waals surface area contributed by atoms with Crippen LogP contribution in [0.1, 0.15) is 42.5 Å². The molecule has 1 aromatic carbocycles. The van der Waals surface area contributed by atoms with Crippen molar-refractivity contribution in [2.45, 2.75) is 38.9 Å². The molecule has 0 radical (unpaired) electrons. The number of hydrogen-bond acceptors (Lipinski definition) is 5. The Kier molecular flexibility index (Phi) is 5.92. The second-order valence-corrected chi connectivity index (χ2v) is 8.43. The summed E-state index contributed by atoms with van der Waals surface area (Å²) in [4.78, 5) is 16.6. The van der Waals surface area contributed by atoms with E-state index in [0.29, 0.717) is 13.0 Å². The average Bonchev–Trinajstić information content (AvgIpc) is 3.48. The molecular weight excluding hydrogens is 382 g/mol. The van der Waals surface area contributed by atoms with Crippen LogP contribution in [0.25, 0.3) is 0 Å². The first-order valence-electron chi connectivity index (χ1n) is 9.86. The van der Waals surface area contributed by atoms with Crippen molar-refractivity contribution in [2.24, 2.45) is 5.10 Å². The molecule has 4 rings (SSSR count). The summed E-state index contributed by atoms with van der Waals surface area (Å²) < 4.78 is 5.63. The minimum Gasteiger partial charge on any atom is -0.467 e. The molecule has 3 heterocycles. The van der Waals surface area contributed by atoms with Gasteiger partial charge in [0.05, 0.1) is 23.4 Å². The van der Waals surface area contributed by atoms with E-state index >= 15 is 0 Å². The van der Waals surface area contributed by atoms with Crippen molar-refractivity contribution in [3.8, 4) is 0 Å². The molecule has 1 atom stereocenters. The molecule has 6 heteroatoms. The van der Waals surface area contributed by atoms with E-state index in [1.54, 1.807) is 22.6 Å². The van der Waals surface area contributed by atoms with Crippen molar-refractivity contribution in [1.29, 1.82) is 0 Å². The first kappa shape index (κ1) is 19.6. The highest BCUT2D eigenvalue weighted by molar-refractivity contribution is 7.12. The van der Waals surface area contributed by atoms with E-state index in [-0.39, 0.29) is 18.0 Å². The monoisotopic (exact) mass is 407 g/mol. The first-order chi connectivity index (χ1) is 14.1. The zero-order valence-electron chi connectivity index (χ0n) is 16.7. The van der Waals surface area contributed by atoms with E-state index in [1.807, 2.05) is 47.8 Å². The summed E-state index contributed by atoms with van der Waals surface area (Å²) in [7, 11) is 0. The van der Waals surface area contributed by atoms with Crippen molar-refractivity contribution >= 4 is 23.0 Å². The number of rotatable bonds is 7. The fourth-order valence-corrected chi connectivity index (χ4v) is 4.24. The van der Waals surface area contributed by atoms with Gasteiger partial charge in [0.25, 0.3) is 5.91 Å². The van der Waals surface area contributed by atoms with E-state index in [0.717, 1.165) is 22.9 Å². The molecule has 2 aromatic heterocycles. The molecule has 0 saturated heterocycles. The highest BCUT2D eigenvalue weighted by atomic mass is 32.1. The molecule has 1 aliphatic rings. The SMILES string of the molecule is CC(C)N(CC(=O)N1N=C(c2cccs2)CC1c1ccco1)Cc1ccccc1. The van der Waals surface area contributed by atoms with Crippen molar-refractivity contribution in [3.05, 3.63) is 82.4 Å². The smallest absolute Gasteiger partial charge is 0.257 e. The Hall–Kier alpha value is -2.70. The van der Waals surface area contributed by atoms with Gasteiger partial charge in [-0.25, -0.2) is 5.01 Å². The number of thiophene rings is 1. The lowest BCUT2D eigenvalue weighted by Crippen LogP contribution is -2.41. The van der Waals surface area contributed by atoms with Gasteiger partial charge in [-0.2, -0.15) is 5.10 Å². The maximum absolute atomic E-state index is 13.3. The predicted octanol–water partition coefficient (Wildman–Crippen LogP) is 4.93. The minimum atomic E-state index is -0.194. The first-order valence-corrected chi connectivity index (χ1v) is 10.7. The number of carbonyl (C=O) groups excluding carboxylic acids is 1. The molecule has 1 aliphatic heterocycles. The molecule has 0 N–H and O–H groups in total. The summed E-state index contributed by atoms with van der Waals surface area (Å²) in [6.07, 6.45) is 2.32. The van der Waals surface area contributed by atoms with Gasteiger partial charge in [0.1, 0.15) is 11.8 Å². The molecule has 3 aromatic rings. The van der Waals surface area contributed by atoms with Crippen LogP contribution in [0.15, 0.2) is 75.8 Å². The number of hydrazone groups is 1. The predicted molar refractivity (Wildman–Crippen MR) is 116 cm³/mol. The standard InChI is InChI=1S/C23H25N3O2S/c1-17(2)25(15-18-8-4-3-5-9-18)16-23(27)26-20(21-10-6-12-28-21)14-19(24-26)22-11-7-13-29-22/h3-13,17,20H,14-16H2,1-2H3. The summed E-state index contributed by atoms with van der Waals surface area (Å²) in [5, 5.41) is 8.36. The van der Waals surface area contributed by atoms with Crippen molar-refractivity contribution in [3.63, 3.8) is 0 Å². The topological polar surface area (TPSA) is 49.1 Å². The van der Waals surface area contributed by atoms with E-state index in [1.165, 1.54) is 5.56 Å². The number of furan rings is 1. The molecule has 0 fully saturated rings. The van der Waals surface area contributed by atoms with Gasteiger partial charge in [-0.3, -0.25) is 9.69 Å². The lowest BCUT2D eigenvalue weighted by molar-refractivity contribution is -0.135. The second kappa shape index (κ2) is 8.76. The Labute approximate surface area is 175 Å². The van der Waals surface area contributed by atoms with Gasteiger partial charge in [0, 0.05) is 19.0 Å². The van der Waals surface area contributed by atoms with E-state index in [2.05, 4.69) is 30.9 Å². The molecule has 0 saturated carbocycles. The second-order valence-electron chi connectivity index (χ2n) is 7.48. The lowest BCUT2D eigenvalue weighted by atomic mass is 10.1. The Morgan fingerprint density at radius 3 is 2.69 bits per heavy atom. The fourth-order valence-electron chi connectivity index (χ4n) is 3.52. The number of amides is 1. The van der Waals surface area contributed by atoms with Crippen molar-refractivity contribution in [2.75, 3.05) is 6.54 Å². The van der Waals surface area contributed by atoms with Gasteiger partial charge in [-0.05, 0) is 43.0 Å². The molecule has 5 nitrogen and oxygen atoms in total. The molecule has 29 heavy (non-hydrogen) atoms. The number of nitrogens with zero attached hydrogens (tertiary/aromatic N) is 3. The van der Waals surface area contributed by atoms with Crippen LogP contribution in [0.5, 0.6) is 0 Å². The Morgan fingerprint density at radius 1 is 1.21 bits per heavy atom. The van der Waals surface area contributed by atoms with Crippen molar-refractivity contribution in [1.82, 2.24) is 9.91 Å². The highest BCUT2D eigenvalue weighted by Gasteiger charge is 2.35. The van der Waals surface area contributed by atoms with Gasteiger partial charge in [-0.1, -0.05) is 36.4 Å². The zero-order chi connectivity index (χ0) is 20.2. The summed E-state index contributed by atoms with van der Waals surface area (Å²) in [5.74, 6) is 0.760. The summed E-state index contributed by atoms with van der Waals surface area (Å²) in [5.41, 5.74) is 2.13. The van der Waals surface area contributed by atoms with Crippen LogP contribution in [0.2, 0.25) is 0 Å². The quantitative estimate of drug-likeness (QED) is 0.558. The lowest BCUT2D eigenvalue weighted by Gasteiger charge is -2.28. The van der Waals surface area contributed by atoms with Gasteiger partial charge < -0.3 is 4.42 Å². The summed E-state index contributed by atoms with van der Waals surface area (Å²) in [6, 6.07) is 18.1. The maximum Gasteiger partial charge on any atom is 0.257 e. The van der Waals surface area contributed by atoms with Crippen LogP contribution in [-0.2, 0) is 11.3 Å². The number of benzene rings is 1. The third-order valence-electron chi connectivity index (χ3n) is 5.14. The van der Waals surface area contributed by atoms with E-state index in [9.17, 15) is 4.79 Å². The normalized spacial score (nSPS) is 16.6. The van der Waals surface area contributed by atoms with E-state index < -0.39 is 0 Å². The van der Waals surface area contributed by atoms with Gasteiger partial charge in [0.15, 0.2) is 0 Å². The molecule has 150 valence electrons. The van der Waals surface area contributed by atoms with Crippen LogP contribution in [-0.4, -0.2) is 34.1 Å². The number of hydrogen-bond donors (Lipinski definition) is 0. The Balaban J connectivity index is 1.55. The third-order valence-corrected chi connectivity index (χ3v) is 6.06. The Morgan fingerprint density at radius 2 is 2.03 bits per heavy atom. The van der Waals surface area contributed by atoms with Crippen LogP contribution >= 0.6 is 11.3 Å². The van der Waals surface area contributed by atoms with E-state index in [4.69, 9.17) is 9.52 Å². The molecule has 1 unspecified atom stereocenters. The molecule has 0 bridgehead atoms. The highest BCUT2D eigenvalue weighted by Crippen LogP contribution is 2.34. The third kappa shape index (κ3) is 4.49. The Bertz CT molecular complexity index is 949. The van der Waals surface area contributed by atoms with Gasteiger partial charge in [-0.15, -0.1) is 11.3 Å². The van der Waals surface area contributed by atoms with Gasteiger partial charge in [0.2, 0.25) is 0 Å². The molecule has 0 aliphatic carbocycles. The van der Waals surface area contributed by atoms with Gasteiger partial charge >= 0.3 is 0 Å². The van der Waals surface area contributed by atoms with Crippen LogP contribution in [0.4, 0.5) is 0 Å². The molecule has 0 spiro atoms. The minimum absolute atomic E-state index is 0.0115. The largest absolute Gasteiger partial charge is 0.467 e. The zero-order valence-corrected chi connectivity index (χ0v) is 17.5.